The number of hydrogen-bond donors (Lipinski definition) is 0. The van der Waals surface area contributed by atoms with E-state index in [1.54, 1.807) is 38.5 Å². The second-order valence-electron chi connectivity index (χ2n) is 5.64. The molecule has 3 aliphatic carbocycles. The molecular formula is C12H20. The van der Waals surface area contributed by atoms with Gasteiger partial charge in [-0.05, 0) is 55.3 Å². The largest absolute Gasteiger partial charge is 0.0622 e. The van der Waals surface area contributed by atoms with Crippen LogP contribution in [0, 0.1) is 29.6 Å². The summed E-state index contributed by atoms with van der Waals surface area (Å²) in [6.45, 7) is 2.42. The molecule has 4 unspecified atom stereocenters. The Morgan fingerprint density at radius 2 is 1.58 bits per heavy atom. The molecule has 68 valence electrons. The third kappa shape index (κ3) is 1.53. The van der Waals surface area contributed by atoms with Gasteiger partial charge in [-0.15, -0.1) is 0 Å². The van der Waals surface area contributed by atoms with Crippen LogP contribution in [-0.4, -0.2) is 0 Å². The first-order chi connectivity index (χ1) is 5.83. The summed E-state index contributed by atoms with van der Waals surface area (Å²) in [7, 11) is 0. The molecule has 0 N–H and O–H groups in total. The van der Waals surface area contributed by atoms with Crippen LogP contribution in [0.5, 0.6) is 0 Å². The van der Waals surface area contributed by atoms with E-state index in [0.29, 0.717) is 0 Å². The lowest BCUT2D eigenvalue weighted by Crippen LogP contribution is -1.87. The lowest BCUT2D eigenvalue weighted by molar-refractivity contribution is 0.534. The molecule has 0 saturated heterocycles. The molecule has 0 heteroatoms. The monoisotopic (exact) mass is 164 g/mol. The zero-order valence-electron chi connectivity index (χ0n) is 8.13. The highest BCUT2D eigenvalue weighted by molar-refractivity contribution is 4.95. The minimum atomic E-state index is 1.09. The minimum absolute atomic E-state index is 1.09. The highest BCUT2D eigenvalue weighted by atomic mass is 14.5. The van der Waals surface area contributed by atoms with Crippen molar-refractivity contribution in [2.24, 2.45) is 29.6 Å². The first kappa shape index (κ1) is 7.41. The van der Waals surface area contributed by atoms with Crippen molar-refractivity contribution < 1.29 is 0 Å². The summed E-state index contributed by atoms with van der Waals surface area (Å²) in [6, 6.07) is 0. The molecule has 0 aromatic rings. The summed E-state index contributed by atoms with van der Waals surface area (Å²) in [6.07, 6.45) is 9.46. The molecule has 3 aliphatic rings. The van der Waals surface area contributed by atoms with E-state index >= 15 is 0 Å². The van der Waals surface area contributed by atoms with Crippen molar-refractivity contribution in [3.05, 3.63) is 0 Å². The minimum Gasteiger partial charge on any atom is -0.0622 e. The Kier molecular flexibility index (Phi) is 1.54. The fourth-order valence-electron chi connectivity index (χ4n) is 2.79. The fraction of sp³-hybridized carbons (Fsp3) is 1.00. The average Bonchev–Trinajstić information content (AvgIpc) is 2.80. The third-order valence-electron chi connectivity index (χ3n) is 4.28. The quantitative estimate of drug-likeness (QED) is 0.597. The second-order valence-corrected chi connectivity index (χ2v) is 5.64. The van der Waals surface area contributed by atoms with Crippen molar-refractivity contribution in [1.82, 2.24) is 0 Å². The second kappa shape index (κ2) is 2.49. The van der Waals surface area contributed by atoms with Crippen molar-refractivity contribution >= 4 is 0 Å². The summed E-state index contributed by atoms with van der Waals surface area (Å²) < 4.78 is 0. The molecule has 12 heavy (non-hydrogen) atoms. The summed E-state index contributed by atoms with van der Waals surface area (Å²) in [5.74, 6) is 5.79. The summed E-state index contributed by atoms with van der Waals surface area (Å²) in [5, 5.41) is 0. The lowest BCUT2D eigenvalue weighted by Gasteiger charge is -1.97. The van der Waals surface area contributed by atoms with E-state index in [1.807, 2.05) is 0 Å². The smallest absolute Gasteiger partial charge is 0.0380 e. The molecule has 0 heterocycles. The Hall–Kier alpha value is 0. The normalized spacial score (nSPS) is 50.8. The van der Waals surface area contributed by atoms with Gasteiger partial charge in [0.1, 0.15) is 0 Å². The van der Waals surface area contributed by atoms with E-state index in [0.717, 1.165) is 11.8 Å². The Labute approximate surface area is 75.7 Å². The maximum Gasteiger partial charge on any atom is -0.0380 e. The van der Waals surface area contributed by atoms with Gasteiger partial charge in [-0.2, -0.15) is 0 Å². The lowest BCUT2D eigenvalue weighted by atomic mass is 10.1. The molecule has 0 bridgehead atoms. The highest BCUT2D eigenvalue weighted by Crippen LogP contribution is 2.55. The molecule has 0 aromatic heterocycles. The zero-order valence-corrected chi connectivity index (χ0v) is 8.13. The molecule has 4 atom stereocenters. The van der Waals surface area contributed by atoms with Gasteiger partial charge in [-0.1, -0.05) is 19.8 Å². The molecule has 0 nitrogen and oxygen atoms in total. The van der Waals surface area contributed by atoms with Gasteiger partial charge >= 0.3 is 0 Å². The highest BCUT2D eigenvalue weighted by Gasteiger charge is 2.45. The number of rotatable bonds is 4. The van der Waals surface area contributed by atoms with Crippen LogP contribution >= 0.6 is 0 Å². The molecular weight excluding hydrogens is 144 g/mol. The van der Waals surface area contributed by atoms with Gasteiger partial charge in [0.2, 0.25) is 0 Å². The van der Waals surface area contributed by atoms with E-state index in [4.69, 9.17) is 0 Å². The summed E-state index contributed by atoms with van der Waals surface area (Å²) in [4.78, 5) is 0. The molecule has 0 spiro atoms. The van der Waals surface area contributed by atoms with Crippen molar-refractivity contribution in [3.63, 3.8) is 0 Å². The predicted octanol–water partition coefficient (Wildman–Crippen LogP) is 3.47. The molecule has 0 aliphatic heterocycles. The van der Waals surface area contributed by atoms with Crippen LogP contribution in [0.4, 0.5) is 0 Å². The van der Waals surface area contributed by atoms with Gasteiger partial charge in [0.25, 0.3) is 0 Å². The van der Waals surface area contributed by atoms with Crippen LogP contribution in [0.15, 0.2) is 0 Å². The third-order valence-corrected chi connectivity index (χ3v) is 4.28. The van der Waals surface area contributed by atoms with Gasteiger partial charge in [-0.25, -0.2) is 0 Å². The molecule has 3 rings (SSSR count). The van der Waals surface area contributed by atoms with Crippen LogP contribution in [0.3, 0.4) is 0 Å². The van der Waals surface area contributed by atoms with Gasteiger partial charge in [-0.3, -0.25) is 0 Å². The Morgan fingerprint density at radius 3 is 2.17 bits per heavy atom. The van der Waals surface area contributed by atoms with E-state index in [9.17, 15) is 0 Å². The van der Waals surface area contributed by atoms with Crippen LogP contribution in [0.1, 0.15) is 45.4 Å². The standard InChI is InChI=1S/C12H20/c1-8-4-10(8)6-12-7-11(12)5-9-2-3-9/h8-12H,2-7H2,1H3. The zero-order chi connectivity index (χ0) is 8.13. The van der Waals surface area contributed by atoms with Gasteiger partial charge in [0, 0.05) is 0 Å². The van der Waals surface area contributed by atoms with Crippen LogP contribution in [0.25, 0.3) is 0 Å². The van der Waals surface area contributed by atoms with E-state index in [-0.39, 0.29) is 0 Å². The summed E-state index contributed by atoms with van der Waals surface area (Å²) in [5.41, 5.74) is 0. The van der Waals surface area contributed by atoms with Crippen molar-refractivity contribution in [2.45, 2.75) is 45.4 Å². The predicted molar refractivity (Wildman–Crippen MR) is 50.8 cm³/mol. The van der Waals surface area contributed by atoms with E-state index < -0.39 is 0 Å². The maximum atomic E-state index is 2.42. The van der Waals surface area contributed by atoms with Crippen molar-refractivity contribution in [1.29, 1.82) is 0 Å². The first-order valence-electron chi connectivity index (χ1n) is 5.83. The van der Waals surface area contributed by atoms with E-state index in [1.165, 1.54) is 17.8 Å². The van der Waals surface area contributed by atoms with E-state index in [2.05, 4.69) is 6.92 Å². The molecule has 0 aromatic carbocycles. The van der Waals surface area contributed by atoms with Gasteiger partial charge in [0.15, 0.2) is 0 Å². The molecule has 3 saturated carbocycles. The molecule has 3 fully saturated rings. The summed E-state index contributed by atoms with van der Waals surface area (Å²) >= 11 is 0. The van der Waals surface area contributed by atoms with Crippen LogP contribution in [0.2, 0.25) is 0 Å². The van der Waals surface area contributed by atoms with Crippen molar-refractivity contribution in [2.75, 3.05) is 0 Å². The van der Waals surface area contributed by atoms with Crippen LogP contribution in [-0.2, 0) is 0 Å². The Bertz CT molecular complexity index is 180. The Balaban J connectivity index is 1.37. The van der Waals surface area contributed by atoms with Gasteiger partial charge < -0.3 is 0 Å². The van der Waals surface area contributed by atoms with Crippen LogP contribution < -0.4 is 0 Å². The molecule has 0 radical (unpaired) electrons. The topological polar surface area (TPSA) is 0 Å². The fourth-order valence-corrected chi connectivity index (χ4v) is 2.79. The number of hydrogen-bond acceptors (Lipinski definition) is 0. The molecule has 0 amide bonds. The Morgan fingerprint density at radius 1 is 0.917 bits per heavy atom. The maximum absolute atomic E-state index is 2.42. The SMILES string of the molecule is CC1CC1CC1CC1CC1CC1. The van der Waals surface area contributed by atoms with Gasteiger partial charge in [0.05, 0.1) is 0 Å². The average molecular weight is 164 g/mol. The first-order valence-corrected chi connectivity index (χ1v) is 5.83. The van der Waals surface area contributed by atoms with Crippen molar-refractivity contribution in [3.8, 4) is 0 Å².